The normalized spacial score (nSPS) is 28.6. The van der Waals surface area contributed by atoms with Crippen LogP contribution in [0.25, 0.3) is 0 Å². The van der Waals surface area contributed by atoms with Crippen molar-refractivity contribution in [1.29, 1.82) is 0 Å². The molecule has 1 saturated carbocycles. The van der Waals surface area contributed by atoms with Gasteiger partial charge in [0.25, 0.3) is 0 Å². The molecule has 1 rings (SSSR count). The Bertz CT molecular complexity index is 487. The van der Waals surface area contributed by atoms with E-state index in [4.69, 9.17) is 29.4 Å². The Balaban J connectivity index is 2.81. The van der Waals surface area contributed by atoms with Crippen LogP contribution in [0.5, 0.6) is 0 Å². The van der Waals surface area contributed by atoms with Crippen molar-refractivity contribution >= 4 is 23.5 Å². The predicted octanol–water partition coefficient (Wildman–Crippen LogP) is -0.396. The highest BCUT2D eigenvalue weighted by Crippen LogP contribution is 2.48. The average molecular weight is 372 g/mol. The number of phosphoric ester groups is 3. The van der Waals surface area contributed by atoms with Gasteiger partial charge in [-0.3, -0.25) is 13.6 Å². The predicted molar refractivity (Wildman–Crippen MR) is 64.6 cm³/mol. The molecule has 21 heavy (non-hydrogen) atoms. The molecular weight excluding hydrogens is 357 g/mol. The van der Waals surface area contributed by atoms with Gasteiger partial charge in [-0.2, -0.15) is 0 Å². The molecule has 0 heterocycles. The molecule has 3 atom stereocenters. The SMILES string of the molecule is O=P(O)(O)O[C@@H]1CC[C@@H](OP(=O)(O)O)[C@H](OP(=O)(O)O)C1. The van der Waals surface area contributed by atoms with E-state index >= 15 is 0 Å². The van der Waals surface area contributed by atoms with Crippen molar-refractivity contribution in [3.05, 3.63) is 0 Å². The number of hydrogen-bond acceptors (Lipinski definition) is 6. The van der Waals surface area contributed by atoms with E-state index in [2.05, 4.69) is 13.6 Å². The minimum atomic E-state index is -5.00. The fourth-order valence-electron chi connectivity index (χ4n) is 1.94. The van der Waals surface area contributed by atoms with Gasteiger partial charge in [0.05, 0.1) is 18.3 Å². The molecule has 0 bridgehead atoms. The molecule has 0 aliphatic heterocycles. The standard InChI is InChI=1S/C6H15O12P3/c7-19(8,9)16-4-1-2-5(17-20(10,11)12)6(3-4)18-21(13,14)15/h4-6H,1-3H2,(H2,7,8,9)(H2,10,11,12)(H2,13,14,15)/t4-,5-,6-/m1/s1. The Hall–Kier alpha value is 0.330. The first-order valence-corrected chi connectivity index (χ1v) is 10.1. The lowest BCUT2D eigenvalue weighted by molar-refractivity contribution is -0.0444. The van der Waals surface area contributed by atoms with Crippen LogP contribution >= 0.6 is 23.5 Å². The Morgan fingerprint density at radius 2 is 1.10 bits per heavy atom. The molecule has 0 aromatic heterocycles. The summed E-state index contributed by atoms with van der Waals surface area (Å²) in [5.74, 6) is 0. The zero-order chi connectivity index (χ0) is 16.5. The highest BCUT2D eigenvalue weighted by atomic mass is 31.2. The van der Waals surface area contributed by atoms with E-state index in [0.717, 1.165) is 0 Å². The minimum absolute atomic E-state index is 0.0448. The molecule has 6 N–H and O–H groups in total. The summed E-state index contributed by atoms with van der Waals surface area (Å²) in [5.41, 5.74) is 0. The average Bonchev–Trinajstić information content (AvgIpc) is 2.15. The second-order valence-electron chi connectivity index (χ2n) is 4.30. The van der Waals surface area contributed by atoms with Gasteiger partial charge in [-0.1, -0.05) is 0 Å². The summed E-state index contributed by atoms with van der Waals surface area (Å²) in [6, 6.07) is 0. The lowest BCUT2D eigenvalue weighted by Gasteiger charge is -2.35. The Kier molecular flexibility index (Phi) is 6.31. The lowest BCUT2D eigenvalue weighted by atomic mass is 9.93. The molecule has 1 fully saturated rings. The van der Waals surface area contributed by atoms with E-state index in [1.807, 2.05) is 0 Å². The summed E-state index contributed by atoms with van der Waals surface area (Å²) in [6.07, 6.45) is -4.59. The quantitative estimate of drug-likeness (QED) is 0.330. The molecule has 0 unspecified atom stereocenters. The third-order valence-electron chi connectivity index (χ3n) is 2.51. The van der Waals surface area contributed by atoms with Crippen LogP contribution in [0.2, 0.25) is 0 Å². The first kappa shape index (κ1) is 19.4. The van der Waals surface area contributed by atoms with E-state index < -0.39 is 48.2 Å². The van der Waals surface area contributed by atoms with Crippen molar-refractivity contribution in [1.82, 2.24) is 0 Å². The van der Waals surface area contributed by atoms with E-state index in [-0.39, 0.29) is 12.8 Å². The van der Waals surface area contributed by atoms with Crippen molar-refractivity contribution in [2.24, 2.45) is 0 Å². The summed E-state index contributed by atoms with van der Waals surface area (Å²) < 4.78 is 45.4. The van der Waals surface area contributed by atoms with Crippen LogP contribution in [0.1, 0.15) is 19.3 Å². The third-order valence-corrected chi connectivity index (χ3v) is 4.18. The van der Waals surface area contributed by atoms with Crippen molar-refractivity contribution in [3.63, 3.8) is 0 Å². The van der Waals surface area contributed by atoms with Crippen LogP contribution in [0, 0.1) is 0 Å². The van der Waals surface area contributed by atoms with Crippen LogP contribution in [0.3, 0.4) is 0 Å². The van der Waals surface area contributed by atoms with Crippen molar-refractivity contribution < 1.29 is 56.6 Å². The van der Waals surface area contributed by atoms with Gasteiger partial charge in [0.15, 0.2) is 0 Å². The van der Waals surface area contributed by atoms with Crippen LogP contribution in [0.15, 0.2) is 0 Å². The van der Waals surface area contributed by atoms with E-state index in [0.29, 0.717) is 0 Å². The van der Waals surface area contributed by atoms with E-state index in [9.17, 15) is 13.7 Å². The molecule has 0 saturated heterocycles. The molecule has 126 valence electrons. The maximum atomic E-state index is 10.8. The Morgan fingerprint density at radius 3 is 1.52 bits per heavy atom. The van der Waals surface area contributed by atoms with Gasteiger partial charge in [-0.15, -0.1) is 0 Å². The second-order valence-corrected chi connectivity index (χ2v) is 7.88. The summed E-state index contributed by atoms with van der Waals surface area (Å²) in [4.78, 5) is 52.3. The fourth-order valence-corrected chi connectivity index (χ4v) is 3.69. The molecule has 1 aliphatic rings. The van der Waals surface area contributed by atoms with Gasteiger partial charge in [0, 0.05) is 6.42 Å². The minimum Gasteiger partial charge on any atom is -0.303 e. The molecular formula is C6H15O12P3. The van der Waals surface area contributed by atoms with Crippen LogP contribution in [-0.4, -0.2) is 47.7 Å². The Morgan fingerprint density at radius 1 is 0.667 bits per heavy atom. The molecule has 0 aromatic rings. The summed E-state index contributed by atoms with van der Waals surface area (Å²) >= 11 is 0. The highest BCUT2D eigenvalue weighted by Gasteiger charge is 2.41. The monoisotopic (exact) mass is 372 g/mol. The summed E-state index contributed by atoms with van der Waals surface area (Å²) in [5, 5.41) is 0. The molecule has 0 aromatic carbocycles. The molecule has 0 radical (unpaired) electrons. The molecule has 1 aliphatic carbocycles. The summed E-state index contributed by atoms with van der Waals surface area (Å²) in [7, 11) is -14.7. The Labute approximate surface area is 118 Å². The van der Waals surface area contributed by atoms with Gasteiger partial charge in [-0.05, 0) is 12.8 Å². The second kappa shape index (κ2) is 6.84. The van der Waals surface area contributed by atoms with E-state index in [1.165, 1.54) is 0 Å². The first-order chi connectivity index (χ1) is 9.25. The lowest BCUT2D eigenvalue weighted by Crippen LogP contribution is -2.39. The smallest absolute Gasteiger partial charge is 0.303 e. The summed E-state index contributed by atoms with van der Waals surface area (Å²) in [6.45, 7) is 0. The van der Waals surface area contributed by atoms with Gasteiger partial charge < -0.3 is 29.4 Å². The highest BCUT2D eigenvalue weighted by molar-refractivity contribution is 7.46. The van der Waals surface area contributed by atoms with Crippen LogP contribution in [0.4, 0.5) is 0 Å². The van der Waals surface area contributed by atoms with Crippen molar-refractivity contribution in [3.8, 4) is 0 Å². The van der Waals surface area contributed by atoms with Gasteiger partial charge >= 0.3 is 23.5 Å². The fraction of sp³-hybridized carbons (Fsp3) is 1.00. The van der Waals surface area contributed by atoms with Crippen LogP contribution < -0.4 is 0 Å². The topological polar surface area (TPSA) is 200 Å². The van der Waals surface area contributed by atoms with Crippen molar-refractivity contribution in [2.45, 2.75) is 37.6 Å². The van der Waals surface area contributed by atoms with Gasteiger partial charge in [0.2, 0.25) is 0 Å². The van der Waals surface area contributed by atoms with Gasteiger partial charge in [0.1, 0.15) is 0 Å². The van der Waals surface area contributed by atoms with Crippen molar-refractivity contribution in [2.75, 3.05) is 0 Å². The third kappa shape index (κ3) is 8.51. The zero-order valence-electron chi connectivity index (χ0n) is 10.3. The number of phosphoric acid groups is 3. The first-order valence-electron chi connectivity index (χ1n) is 5.47. The maximum absolute atomic E-state index is 10.8. The zero-order valence-corrected chi connectivity index (χ0v) is 13.0. The molecule has 12 nitrogen and oxygen atoms in total. The molecule has 15 heteroatoms. The van der Waals surface area contributed by atoms with E-state index in [1.54, 1.807) is 0 Å². The number of hydrogen-bond donors (Lipinski definition) is 6. The largest absolute Gasteiger partial charge is 0.469 e. The molecule has 0 amide bonds. The van der Waals surface area contributed by atoms with Crippen LogP contribution in [-0.2, 0) is 27.3 Å². The number of rotatable bonds is 6. The maximum Gasteiger partial charge on any atom is 0.469 e. The van der Waals surface area contributed by atoms with Gasteiger partial charge in [-0.25, -0.2) is 13.7 Å². The molecule has 0 spiro atoms.